The minimum Gasteiger partial charge on any atom is -0.354 e. The van der Waals surface area contributed by atoms with Crippen LogP contribution in [0.25, 0.3) is 0 Å². The Bertz CT molecular complexity index is 877. The summed E-state index contributed by atoms with van der Waals surface area (Å²) in [5.41, 5.74) is 0.182. The number of sulfonamides is 1. The second kappa shape index (κ2) is 10.2. The van der Waals surface area contributed by atoms with Gasteiger partial charge in [0.1, 0.15) is 6.54 Å². The second-order valence-electron chi connectivity index (χ2n) is 5.71. The Hall–Kier alpha value is -1.41. The Morgan fingerprint density at radius 2 is 1.81 bits per heavy atom. The summed E-state index contributed by atoms with van der Waals surface area (Å²) in [6.07, 6.45) is 1.79. The minimum absolute atomic E-state index is 0.0941. The summed E-state index contributed by atoms with van der Waals surface area (Å²) in [6.45, 7) is 0.101. The average Bonchev–Trinajstić information content (AvgIpc) is 2.62. The molecule has 0 aliphatic rings. The molecule has 0 unspecified atom stereocenters. The van der Waals surface area contributed by atoms with Gasteiger partial charge in [0.25, 0.3) is 0 Å². The molecule has 0 saturated heterocycles. The molecule has 0 aromatic heterocycles. The van der Waals surface area contributed by atoms with Gasteiger partial charge >= 0.3 is 0 Å². The molecule has 2 rings (SSSR count). The molecule has 0 fully saturated rings. The average molecular weight is 447 g/mol. The Labute approximate surface area is 174 Å². The third kappa shape index (κ3) is 6.92. The van der Waals surface area contributed by atoms with Crippen LogP contribution in [0.2, 0.25) is 10.0 Å². The summed E-state index contributed by atoms with van der Waals surface area (Å²) >= 11 is 13.8. The Morgan fingerprint density at radius 1 is 1.11 bits per heavy atom. The predicted molar refractivity (Wildman–Crippen MR) is 113 cm³/mol. The number of carbonyl (C=O) groups is 1. The molecule has 27 heavy (non-hydrogen) atoms. The van der Waals surface area contributed by atoms with Crippen LogP contribution in [0.5, 0.6) is 0 Å². The maximum Gasteiger partial charge on any atom is 0.240 e. The fourth-order valence-corrected chi connectivity index (χ4v) is 4.44. The molecule has 1 N–H and O–H groups in total. The van der Waals surface area contributed by atoms with Crippen LogP contribution in [-0.4, -0.2) is 39.4 Å². The van der Waals surface area contributed by atoms with Gasteiger partial charge in [-0.25, -0.2) is 8.42 Å². The van der Waals surface area contributed by atoms with Gasteiger partial charge in [0.2, 0.25) is 15.9 Å². The SMILES string of the molecule is CS(=O)(=O)N(CC(=O)NCCCSc1ccccc1)c1cccc(Cl)c1Cl. The number of anilines is 1. The number of benzene rings is 2. The number of amides is 1. The molecular weight excluding hydrogens is 427 g/mol. The highest BCUT2D eigenvalue weighted by atomic mass is 35.5. The van der Waals surface area contributed by atoms with E-state index in [0.717, 1.165) is 22.7 Å². The molecule has 0 spiro atoms. The standard InChI is InChI=1S/C18H20Cl2N2O3S2/c1-27(24,25)22(16-10-5-9-15(19)18(16)20)13-17(23)21-11-6-12-26-14-7-3-2-4-8-14/h2-5,7-10H,6,11-13H2,1H3,(H,21,23). The number of nitrogens with one attached hydrogen (secondary N) is 1. The van der Waals surface area contributed by atoms with Gasteiger partial charge in [-0.05, 0) is 36.4 Å². The van der Waals surface area contributed by atoms with Crippen LogP contribution < -0.4 is 9.62 Å². The fraction of sp³-hybridized carbons (Fsp3) is 0.278. The summed E-state index contributed by atoms with van der Waals surface area (Å²) in [7, 11) is -3.70. The summed E-state index contributed by atoms with van der Waals surface area (Å²) < 4.78 is 25.2. The zero-order valence-electron chi connectivity index (χ0n) is 14.7. The third-order valence-electron chi connectivity index (χ3n) is 3.54. The number of hydrogen-bond donors (Lipinski definition) is 1. The number of carbonyl (C=O) groups excluding carboxylic acids is 1. The van der Waals surface area contributed by atoms with Gasteiger partial charge in [0.05, 0.1) is 22.0 Å². The lowest BCUT2D eigenvalue weighted by atomic mass is 10.3. The van der Waals surface area contributed by atoms with Crippen LogP contribution in [-0.2, 0) is 14.8 Å². The van der Waals surface area contributed by atoms with Gasteiger partial charge in [-0.3, -0.25) is 9.10 Å². The number of rotatable bonds is 9. The van der Waals surface area contributed by atoms with Crippen LogP contribution in [0.4, 0.5) is 5.69 Å². The smallest absolute Gasteiger partial charge is 0.240 e. The Morgan fingerprint density at radius 3 is 2.48 bits per heavy atom. The first kappa shape index (κ1) is 21.9. The highest BCUT2D eigenvalue weighted by molar-refractivity contribution is 7.99. The van der Waals surface area contributed by atoms with Crippen LogP contribution in [0.1, 0.15) is 6.42 Å². The van der Waals surface area contributed by atoms with E-state index in [2.05, 4.69) is 5.32 Å². The van der Waals surface area contributed by atoms with Crippen molar-refractivity contribution in [2.45, 2.75) is 11.3 Å². The van der Waals surface area contributed by atoms with E-state index in [-0.39, 0.29) is 22.3 Å². The van der Waals surface area contributed by atoms with Crippen molar-refractivity contribution in [2.24, 2.45) is 0 Å². The number of hydrogen-bond acceptors (Lipinski definition) is 4. The maximum atomic E-state index is 12.2. The monoisotopic (exact) mass is 446 g/mol. The number of halogens is 2. The summed E-state index contributed by atoms with van der Waals surface area (Å²) in [6, 6.07) is 14.6. The van der Waals surface area contributed by atoms with Crippen molar-refractivity contribution >= 4 is 56.6 Å². The largest absolute Gasteiger partial charge is 0.354 e. The van der Waals surface area contributed by atoms with E-state index in [1.165, 1.54) is 11.0 Å². The van der Waals surface area contributed by atoms with E-state index in [1.807, 2.05) is 30.3 Å². The zero-order chi connectivity index (χ0) is 19.9. The zero-order valence-corrected chi connectivity index (χ0v) is 17.8. The fourth-order valence-electron chi connectivity index (χ4n) is 2.26. The lowest BCUT2D eigenvalue weighted by Crippen LogP contribution is -2.40. The summed E-state index contributed by atoms with van der Waals surface area (Å²) in [5.74, 6) is 0.446. The predicted octanol–water partition coefficient (Wildman–Crippen LogP) is 4.06. The Balaban J connectivity index is 1.88. The topological polar surface area (TPSA) is 66.5 Å². The van der Waals surface area contributed by atoms with Crippen LogP contribution in [0.3, 0.4) is 0 Å². The molecule has 9 heteroatoms. The van der Waals surface area contributed by atoms with Gasteiger partial charge in [0.15, 0.2) is 0 Å². The quantitative estimate of drug-likeness (QED) is 0.465. The molecule has 2 aromatic rings. The van der Waals surface area contributed by atoms with E-state index < -0.39 is 15.9 Å². The molecule has 0 heterocycles. The van der Waals surface area contributed by atoms with Crippen LogP contribution in [0.15, 0.2) is 53.4 Å². The molecule has 0 bridgehead atoms. The van der Waals surface area contributed by atoms with Gasteiger partial charge in [-0.1, -0.05) is 47.5 Å². The van der Waals surface area contributed by atoms with Gasteiger partial charge < -0.3 is 5.32 Å². The highest BCUT2D eigenvalue weighted by Crippen LogP contribution is 2.33. The lowest BCUT2D eigenvalue weighted by molar-refractivity contribution is -0.119. The molecule has 1 amide bonds. The molecule has 0 saturated carbocycles. The van der Waals surface area contributed by atoms with Gasteiger partial charge in [0, 0.05) is 11.4 Å². The molecule has 5 nitrogen and oxygen atoms in total. The van der Waals surface area contributed by atoms with Crippen molar-refractivity contribution in [3.63, 3.8) is 0 Å². The van der Waals surface area contributed by atoms with E-state index in [0.29, 0.717) is 6.54 Å². The Kier molecular flexibility index (Phi) is 8.28. The van der Waals surface area contributed by atoms with Crippen molar-refractivity contribution in [1.82, 2.24) is 5.32 Å². The molecule has 0 radical (unpaired) electrons. The van der Waals surface area contributed by atoms with Crippen molar-refractivity contribution in [1.29, 1.82) is 0 Å². The highest BCUT2D eigenvalue weighted by Gasteiger charge is 2.23. The molecular formula is C18H20Cl2N2O3S2. The van der Waals surface area contributed by atoms with Crippen molar-refractivity contribution in [3.05, 3.63) is 58.6 Å². The first-order valence-corrected chi connectivity index (χ1v) is 11.7. The second-order valence-corrected chi connectivity index (χ2v) is 9.57. The lowest BCUT2D eigenvalue weighted by Gasteiger charge is -2.23. The van der Waals surface area contributed by atoms with Gasteiger partial charge in [-0.15, -0.1) is 11.8 Å². The number of nitrogens with zero attached hydrogens (tertiary/aromatic N) is 1. The van der Waals surface area contributed by atoms with Crippen molar-refractivity contribution in [3.8, 4) is 0 Å². The van der Waals surface area contributed by atoms with E-state index in [9.17, 15) is 13.2 Å². The summed E-state index contributed by atoms with van der Waals surface area (Å²) in [4.78, 5) is 13.4. The van der Waals surface area contributed by atoms with E-state index >= 15 is 0 Å². The molecule has 2 aromatic carbocycles. The first-order valence-electron chi connectivity index (χ1n) is 8.15. The van der Waals surface area contributed by atoms with Crippen molar-refractivity contribution in [2.75, 3.05) is 29.4 Å². The van der Waals surface area contributed by atoms with E-state index in [1.54, 1.807) is 23.9 Å². The minimum atomic E-state index is -3.70. The molecule has 0 aliphatic heterocycles. The first-order chi connectivity index (χ1) is 12.8. The number of thioether (sulfide) groups is 1. The maximum absolute atomic E-state index is 12.2. The normalized spacial score (nSPS) is 11.2. The molecule has 0 atom stereocenters. The van der Waals surface area contributed by atoms with E-state index in [4.69, 9.17) is 23.2 Å². The van der Waals surface area contributed by atoms with Crippen molar-refractivity contribution < 1.29 is 13.2 Å². The summed E-state index contributed by atoms with van der Waals surface area (Å²) in [5, 5.41) is 3.06. The third-order valence-corrected chi connectivity index (χ3v) is 6.58. The molecule has 0 aliphatic carbocycles. The van der Waals surface area contributed by atoms with Crippen LogP contribution in [0, 0.1) is 0 Å². The van der Waals surface area contributed by atoms with Gasteiger partial charge in [-0.2, -0.15) is 0 Å². The molecule has 146 valence electrons. The van der Waals surface area contributed by atoms with Crippen LogP contribution >= 0.6 is 35.0 Å².